The number of rotatable bonds is 2. The fourth-order valence-electron chi connectivity index (χ4n) is 1.79. The van der Waals surface area contributed by atoms with E-state index in [1.807, 2.05) is 12.1 Å². The molecular weight excluding hydrogens is 322 g/mol. The van der Waals surface area contributed by atoms with Crippen molar-refractivity contribution in [3.8, 4) is 28.6 Å². The van der Waals surface area contributed by atoms with Gasteiger partial charge in [-0.3, -0.25) is 0 Å². The monoisotopic (exact) mass is 331 g/mol. The van der Waals surface area contributed by atoms with Crippen LogP contribution in [0.3, 0.4) is 0 Å². The molecule has 3 aromatic rings. The molecule has 0 aliphatic heterocycles. The van der Waals surface area contributed by atoms with Gasteiger partial charge in [0.05, 0.1) is 5.56 Å². The molecule has 0 atom stereocenters. The van der Waals surface area contributed by atoms with Crippen molar-refractivity contribution in [3.63, 3.8) is 0 Å². The number of nitrogen functional groups attached to an aromatic ring is 1. The topological polar surface area (TPSA) is 85.2 Å². The number of phenols is 1. The third kappa shape index (κ3) is 2.37. The Bertz CT molecular complexity index is 753. The van der Waals surface area contributed by atoms with Crippen LogP contribution in [0.1, 0.15) is 0 Å². The predicted molar refractivity (Wildman–Crippen MR) is 78.9 cm³/mol. The van der Waals surface area contributed by atoms with E-state index in [9.17, 15) is 5.11 Å². The minimum atomic E-state index is 0.189. The summed E-state index contributed by atoms with van der Waals surface area (Å²) < 4.78 is 6.12. The summed E-state index contributed by atoms with van der Waals surface area (Å²) in [5.74, 6) is 0.995. The van der Waals surface area contributed by atoms with Crippen LogP contribution in [0.25, 0.3) is 22.8 Å². The van der Waals surface area contributed by atoms with Gasteiger partial charge in [0.1, 0.15) is 5.75 Å². The lowest BCUT2D eigenvalue weighted by Gasteiger charge is -2.00. The number of hydrogen-bond acceptors (Lipinski definition) is 5. The lowest BCUT2D eigenvalue weighted by molar-refractivity contribution is 0.432. The van der Waals surface area contributed by atoms with E-state index in [1.165, 1.54) is 0 Å². The molecule has 20 heavy (non-hydrogen) atoms. The van der Waals surface area contributed by atoms with E-state index in [4.69, 9.17) is 10.3 Å². The molecule has 0 radical (unpaired) electrons. The Morgan fingerprint density at radius 3 is 2.55 bits per heavy atom. The van der Waals surface area contributed by atoms with Crippen molar-refractivity contribution in [2.24, 2.45) is 0 Å². The zero-order valence-corrected chi connectivity index (χ0v) is 11.8. The Hall–Kier alpha value is -2.34. The van der Waals surface area contributed by atoms with Crippen LogP contribution in [0, 0.1) is 0 Å². The maximum absolute atomic E-state index is 9.26. The zero-order valence-electron chi connectivity index (χ0n) is 10.2. The molecule has 6 heteroatoms. The SMILES string of the molecule is Nc1cc(Br)ccc1-c1nc(-c2ccc(O)cc2)no1. The number of phenolic OH excluding ortho intramolecular Hbond substituents is 1. The van der Waals surface area contributed by atoms with Crippen molar-refractivity contribution in [1.82, 2.24) is 10.1 Å². The molecule has 2 aromatic carbocycles. The number of nitrogens with zero attached hydrogens (tertiary/aromatic N) is 2. The molecule has 0 saturated carbocycles. The molecule has 1 heterocycles. The van der Waals surface area contributed by atoms with Crippen molar-refractivity contribution in [2.45, 2.75) is 0 Å². The van der Waals surface area contributed by atoms with Crippen LogP contribution < -0.4 is 5.73 Å². The molecule has 100 valence electrons. The summed E-state index contributed by atoms with van der Waals surface area (Å²) in [5, 5.41) is 13.2. The third-order valence-corrected chi connectivity index (χ3v) is 3.29. The highest BCUT2D eigenvalue weighted by molar-refractivity contribution is 9.10. The van der Waals surface area contributed by atoms with Crippen molar-refractivity contribution >= 4 is 21.6 Å². The molecule has 3 N–H and O–H groups in total. The second-order valence-corrected chi connectivity index (χ2v) is 5.12. The van der Waals surface area contributed by atoms with Crippen LogP contribution in [0.15, 0.2) is 51.5 Å². The van der Waals surface area contributed by atoms with Gasteiger partial charge in [0, 0.05) is 15.7 Å². The molecule has 0 saturated heterocycles. The number of aromatic nitrogens is 2. The number of benzene rings is 2. The van der Waals surface area contributed by atoms with Gasteiger partial charge < -0.3 is 15.4 Å². The molecule has 0 aliphatic carbocycles. The molecule has 0 bridgehead atoms. The van der Waals surface area contributed by atoms with Gasteiger partial charge in [0.2, 0.25) is 5.82 Å². The lowest BCUT2D eigenvalue weighted by atomic mass is 10.2. The normalized spacial score (nSPS) is 10.7. The zero-order chi connectivity index (χ0) is 14.1. The van der Waals surface area contributed by atoms with Gasteiger partial charge in [-0.15, -0.1) is 0 Å². The number of nitrogens with two attached hydrogens (primary N) is 1. The molecule has 0 spiro atoms. The summed E-state index contributed by atoms with van der Waals surface area (Å²) in [5.41, 5.74) is 7.93. The maximum Gasteiger partial charge on any atom is 0.260 e. The standard InChI is InChI=1S/C14H10BrN3O2/c15-9-3-6-11(12(16)7-9)14-17-13(18-20-14)8-1-4-10(19)5-2-8/h1-7,19H,16H2. The summed E-state index contributed by atoms with van der Waals surface area (Å²) in [4.78, 5) is 4.32. The van der Waals surface area contributed by atoms with Gasteiger partial charge in [-0.1, -0.05) is 21.1 Å². The quantitative estimate of drug-likeness (QED) is 0.702. The molecule has 0 amide bonds. The first kappa shape index (κ1) is 12.7. The fourth-order valence-corrected chi connectivity index (χ4v) is 2.17. The first-order valence-electron chi connectivity index (χ1n) is 5.82. The van der Waals surface area contributed by atoms with Crippen LogP contribution in [0.2, 0.25) is 0 Å². The number of aromatic hydroxyl groups is 1. The Labute approximate surface area is 123 Å². The van der Waals surface area contributed by atoms with Gasteiger partial charge in [-0.05, 0) is 42.5 Å². The van der Waals surface area contributed by atoms with E-state index in [0.717, 1.165) is 10.0 Å². The van der Waals surface area contributed by atoms with Gasteiger partial charge in [-0.25, -0.2) is 0 Å². The molecule has 0 unspecified atom stereocenters. The number of hydrogen-bond donors (Lipinski definition) is 2. The second-order valence-electron chi connectivity index (χ2n) is 4.20. The van der Waals surface area contributed by atoms with Gasteiger partial charge >= 0.3 is 0 Å². The van der Waals surface area contributed by atoms with Crippen molar-refractivity contribution < 1.29 is 9.63 Å². The van der Waals surface area contributed by atoms with Crippen LogP contribution in [0.5, 0.6) is 5.75 Å². The van der Waals surface area contributed by atoms with E-state index < -0.39 is 0 Å². The number of halogens is 1. The third-order valence-electron chi connectivity index (χ3n) is 2.80. The van der Waals surface area contributed by atoms with Crippen molar-refractivity contribution in [1.29, 1.82) is 0 Å². The minimum Gasteiger partial charge on any atom is -0.508 e. The summed E-state index contributed by atoms with van der Waals surface area (Å²) >= 11 is 3.35. The van der Waals surface area contributed by atoms with Crippen LogP contribution in [-0.2, 0) is 0 Å². The van der Waals surface area contributed by atoms with Crippen molar-refractivity contribution in [3.05, 3.63) is 46.9 Å². The Morgan fingerprint density at radius 2 is 1.85 bits per heavy atom. The molecule has 0 aliphatic rings. The Morgan fingerprint density at radius 1 is 1.10 bits per heavy atom. The predicted octanol–water partition coefficient (Wildman–Crippen LogP) is 3.45. The largest absolute Gasteiger partial charge is 0.508 e. The Balaban J connectivity index is 1.99. The van der Waals surface area contributed by atoms with Crippen molar-refractivity contribution in [2.75, 3.05) is 5.73 Å². The highest BCUT2D eigenvalue weighted by Gasteiger charge is 2.13. The fraction of sp³-hybridized carbons (Fsp3) is 0. The lowest BCUT2D eigenvalue weighted by Crippen LogP contribution is -1.90. The smallest absolute Gasteiger partial charge is 0.260 e. The van der Waals surface area contributed by atoms with Gasteiger partial charge in [0.25, 0.3) is 5.89 Å². The van der Waals surface area contributed by atoms with Crippen LogP contribution in [0.4, 0.5) is 5.69 Å². The average Bonchev–Trinajstić information content (AvgIpc) is 2.89. The summed E-state index contributed by atoms with van der Waals surface area (Å²) in [6, 6.07) is 12.0. The van der Waals surface area contributed by atoms with E-state index in [0.29, 0.717) is 23.0 Å². The van der Waals surface area contributed by atoms with Gasteiger partial charge in [-0.2, -0.15) is 4.98 Å². The van der Waals surface area contributed by atoms with E-state index >= 15 is 0 Å². The van der Waals surface area contributed by atoms with E-state index in [-0.39, 0.29) is 5.75 Å². The number of anilines is 1. The van der Waals surface area contributed by atoms with E-state index in [1.54, 1.807) is 30.3 Å². The second kappa shape index (κ2) is 4.97. The van der Waals surface area contributed by atoms with Crippen LogP contribution in [-0.4, -0.2) is 15.2 Å². The summed E-state index contributed by atoms with van der Waals surface area (Å²) in [6.45, 7) is 0. The first-order valence-corrected chi connectivity index (χ1v) is 6.61. The highest BCUT2D eigenvalue weighted by atomic mass is 79.9. The summed E-state index contributed by atoms with van der Waals surface area (Å²) in [7, 11) is 0. The minimum absolute atomic E-state index is 0.189. The van der Waals surface area contributed by atoms with Gasteiger partial charge in [0.15, 0.2) is 0 Å². The highest BCUT2D eigenvalue weighted by Crippen LogP contribution is 2.29. The van der Waals surface area contributed by atoms with Crippen LogP contribution >= 0.6 is 15.9 Å². The summed E-state index contributed by atoms with van der Waals surface area (Å²) in [6.07, 6.45) is 0. The average molecular weight is 332 g/mol. The first-order chi connectivity index (χ1) is 9.63. The molecule has 5 nitrogen and oxygen atoms in total. The molecular formula is C14H10BrN3O2. The van der Waals surface area contributed by atoms with E-state index in [2.05, 4.69) is 26.1 Å². The maximum atomic E-state index is 9.26. The molecule has 0 fully saturated rings. The molecule has 1 aromatic heterocycles. The molecule has 3 rings (SSSR count). The Kier molecular flexibility index (Phi) is 3.15.